The summed E-state index contributed by atoms with van der Waals surface area (Å²) in [5.41, 5.74) is -0.679. The van der Waals surface area contributed by atoms with Crippen LogP contribution in [0.2, 0.25) is 0 Å². The van der Waals surface area contributed by atoms with E-state index >= 15 is 0 Å². The first kappa shape index (κ1) is 15.3. The molecule has 1 saturated carbocycles. The fourth-order valence-electron chi connectivity index (χ4n) is 1.85. The summed E-state index contributed by atoms with van der Waals surface area (Å²) in [5.74, 6) is 1.24. The largest absolute Gasteiger partial charge is 0.465 e. The number of carbonyl (C=O) groups is 1. The lowest BCUT2D eigenvalue weighted by Crippen LogP contribution is -2.53. The Labute approximate surface area is 123 Å². The molecule has 0 amide bonds. The van der Waals surface area contributed by atoms with Crippen LogP contribution in [-0.2, 0) is 16.6 Å². The van der Waals surface area contributed by atoms with E-state index < -0.39 is 5.54 Å². The van der Waals surface area contributed by atoms with Crippen LogP contribution in [0.4, 0.5) is 0 Å². The average molecular weight is 298 g/mol. The molecule has 0 aliphatic heterocycles. The highest BCUT2D eigenvalue weighted by molar-refractivity contribution is 7.99. The lowest BCUT2D eigenvalue weighted by molar-refractivity contribution is -0.149. The minimum absolute atomic E-state index is 0.196. The molecular weight excluding hydrogens is 276 g/mol. The topological polar surface area (TPSA) is 69.0 Å². The Morgan fingerprint density at radius 2 is 2.25 bits per heavy atom. The van der Waals surface area contributed by atoms with Crippen molar-refractivity contribution in [2.75, 3.05) is 12.4 Å². The summed E-state index contributed by atoms with van der Waals surface area (Å²) in [5, 5.41) is 12.4. The van der Waals surface area contributed by atoms with E-state index in [9.17, 15) is 4.79 Å². The van der Waals surface area contributed by atoms with Crippen LogP contribution in [0, 0.1) is 6.92 Å². The molecule has 1 heterocycles. The Hall–Kier alpha value is -1.08. The Kier molecular flexibility index (Phi) is 4.70. The molecule has 1 aliphatic carbocycles. The van der Waals surface area contributed by atoms with Crippen LogP contribution < -0.4 is 5.32 Å². The Balaban J connectivity index is 2.03. The number of hydrogen-bond acceptors (Lipinski definition) is 6. The van der Waals surface area contributed by atoms with Crippen LogP contribution in [0.3, 0.4) is 0 Å². The van der Waals surface area contributed by atoms with Gasteiger partial charge in [-0.1, -0.05) is 11.8 Å². The summed E-state index contributed by atoms with van der Waals surface area (Å²) in [6.45, 7) is 6.03. The molecule has 1 N–H and O–H groups in total. The van der Waals surface area contributed by atoms with E-state index in [-0.39, 0.29) is 5.97 Å². The van der Waals surface area contributed by atoms with Crippen molar-refractivity contribution in [3.8, 4) is 0 Å². The van der Waals surface area contributed by atoms with Crippen LogP contribution in [0.1, 0.15) is 32.5 Å². The van der Waals surface area contributed by atoms with Crippen LogP contribution in [0.5, 0.6) is 0 Å². The number of nitrogens with one attached hydrogen (secondary N) is 1. The molecule has 0 radical (unpaired) electrons. The van der Waals surface area contributed by atoms with E-state index in [1.807, 2.05) is 32.4 Å². The van der Waals surface area contributed by atoms with Gasteiger partial charge in [0.15, 0.2) is 5.16 Å². The second-order valence-electron chi connectivity index (χ2n) is 5.35. The normalized spacial score (nSPS) is 17.8. The molecule has 1 aromatic rings. The fraction of sp³-hybridized carbons (Fsp3) is 0.769. The van der Waals surface area contributed by atoms with E-state index in [1.54, 1.807) is 0 Å². The van der Waals surface area contributed by atoms with Gasteiger partial charge in [0.25, 0.3) is 0 Å². The molecule has 20 heavy (non-hydrogen) atoms. The second-order valence-corrected chi connectivity index (χ2v) is 6.29. The number of thioether (sulfide) groups is 1. The number of aromatic nitrogens is 3. The molecule has 6 nitrogen and oxygen atoms in total. The Morgan fingerprint density at radius 3 is 2.75 bits per heavy atom. The van der Waals surface area contributed by atoms with Crippen molar-refractivity contribution < 1.29 is 9.53 Å². The molecule has 0 saturated heterocycles. The van der Waals surface area contributed by atoms with Crippen molar-refractivity contribution in [3.05, 3.63) is 5.82 Å². The molecular formula is C13H22N4O2S. The zero-order chi connectivity index (χ0) is 14.8. The van der Waals surface area contributed by atoms with Crippen molar-refractivity contribution in [3.63, 3.8) is 0 Å². The van der Waals surface area contributed by atoms with Crippen molar-refractivity contribution in [2.24, 2.45) is 7.05 Å². The van der Waals surface area contributed by atoms with Gasteiger partial charge in [0.1, 0.15) is 11.4 Å². The van der Waals surface area contributed by atoms with Gasteiger partial charge >= 0.3 is 5.97 Å². The van der Waals surface area contributed by atoms with Gasteiger partial charge in [-0.25, -0.2) is 0 Å². The highest BCUT2D eigenvalue weighted by Gasteiger charge is 2.40. The SMILES string of the molecule is CCOC(=O)C(C)(CSc1nnc(C)n1C)NC1CC1. The highest BCUT2D eigenvalue weighted by Crippen LogP contribution is 2.27. The summed E-state index contributed by atoms with van der Waals surface area (Å²) in [6, 6.07) is 0.436. The maximum absolute atomic E-state index is 12.2. The fourth-order valence-corrected chi connectivity index (χ4v) is 2.89. The van der Waals surface area contributed by atoms with Crippen molar-refractivity contribution in [2.45, 2.75) is 50.4 Å². The maximum atomic E-state index is 12.2. The first-order valence-corrected chi connectivity index (χ1v) is 7.88. The second kappa shape index (κ2) is 6.13. The molecule has 0 bridgehead atoms. The summed E-state index contributed by atoms with van der Waals surface area (Å²) in [4.78, 5) is 12.2. The summed E-state index contributed by atoms with van der Waals surface area (Å²) >= 11 is 1.52. The summed E-state index contributed by atoms with van der Waals surface area (Å²) < 4.78 is 7.13. The first-order chi connectivity index (χ1) is 9.46. The third kappa shape index (κ3) is 3.52. The molecule has 2 rings (SSSR count). The molecule has 0 aromatic carbocycles. The van der Waals surface area contributed by atoms with Gasteiger partial charge in [-0.05, 0) is 33.6 Å². The zero-order valence-electron chi connectivity index (χ0n) is 12.5. The molecule has 1 aromatic heterocycles. The highest BCUT2D eigenvalue weighted by atomic mass is 32.2. The van der Waals surface area contributed by atoms with E-state index in [1.165, 1.54) is 11.8 Å². The van der Waals surface area contributed by atoms with Crippen LogP contribution in [-0.4, -0.2) is 44.7 Å². The molecule has 1 aliphatic rings. The lowest BCUT2D eigenvalue weighted by Gasteiger charge is -2.28. The number of carbonyl (C=O) groups excluding carboxylic acids is 1. The number of esters is 1. The third-order valence-electron chi connectivity index (χ3n) is 3.37. The first-order valence-electron chi connectivity index (χ1n) is 6.90. The minimum atomic E-state index is -0.679. The predicted molar refractivity (Wildman–Crippen MR) is 77.7 cm³/mol. The third-order valence-corrected chi connectivity index (χ3v) is 4.70. The number of nitrogens with zero attached hydrogens (tertiary/aromatic N) is 3. The number of rotatable bonds is 7. The Morgan fingerprint density at radius 1 is 1.55 bits per heavy atom. The smallest absolute Gasteiger partial charge is 0.326 e. The van der Waals surface area contributed by atoms with Gasteiger partial charge in [-0.3, -0.25) is 10.1 Å². The van der Waals surface area contributed by atoms with Gasteiger partial charge in [0, 0.05) is 18.8 Å². The van der Waals surface area contributed by atoms with Crippen molar-refractivity contribution >= 4 is 17.7 Å². The summed E-state index contributed by atoms with van der Waals surface area (Å²) in [6.07, 6.45) is 2.26. The van der Waals surface area contributed by atoms with E-state index in [0.717, 1.165) is 23.8 Å². The Bertz CT molecular complexity index is 487. The average Bonchev–Trinajstić information content (AvgIpc) is 3.16. The van der Waals surface area contributed by atoms with Crippen LogP contribution in [0.15, 0.2) is 5.16 Å². The molecule has 1 atom stereocenters. The van der Waals surface area contributed by atoms with Gasteiger partial charge < -0.3 is 9.30 Å². The number of ether oxygens (including phenoxy) is 1. The van der Waals surface area contributed by atoms with Crippen molar-refractivity contribution in [1.29, 1.82) is 0 Å². The van der Waals surface area contributed by atoms with Crippen LogP contribution in [0.25, 0.3) is 0 Å². The van der Waals surface area contributed by atoms with E-state index in [4.69, 9.17) is 4.74 Å². The van der Waals surface area contributed by atoms with Gasteiger partial charge in [-0.15, -0.1) is 10.2 Å². The molecule has 7 heteroatoms. The van der Waals surface area contributed by atoms with Crippen molar-refractivity contribution in [1.82, 2.24) is 20.1 Å². The molecule has 1 fully saturated rings. The number of aryl methyl sites for hydroxylation is 1. The monoisotopic (exact) mass is 298 g/mol. The van der Waals surface area contributed by atoms with Gasteiger partial charge in [0.2, 0.25) is 0 Å². The molecule has 0 spiro atoms. The molecule has 112 valence electrons. The zero-order valence-corrected chi connectivity index (χ0v) is 13.3. The lowest BCUT2D eigenvalue weighted by atomic mass is 10.1. The predicted octanol–water partition coefficient (Wildman–Crippen LogP) is 1.29. The van der Waals surface area contributed by atoms with Gasteiger partial charge in [-0.2, -0.15) is 0 Å². The standard InChI is InChI=1S/C13H22N4O2S/c1-5-19-11(18)13(3,14-10-6-7-10)8-20-12-16-15-9(2)17(12)4/h10,14H,5-8H2,1-4H3. The van der Waals surface area contributed by atoms with E-state index in [2.05, 4.69) is 15.5 Å². The maximum Gasteiger partial charge on any atom is 0.326 e. The minimum Gasteiger partial charge on any atom is -0.465 e. The van der Waals surface area contributed by atoms with Gasteiger partial charge in [0.05, 0.1) is 6.61 Å². The van der Waals surface area contributed by atoms with Crippen LogP contribution >= 0.6 is 11.8 Å². The molecule has 1 unspecified atom stereocenters. The summed E-state index contributed by atoms with van der Waals surface area (Å²) in [7, 11) is 1.92. The van der Waals surface area contributed by atoms with E-state index in [0.29, 0.717) is 18.4 Å². The quantitative estimate of drug-likeness (QED) is 0.604. The number of hydrogen-bond donors (Lipinski definition) is 1.